The summed E-state index contributed by atoms with van der Waals surface area (Å²) in [5, 5.41) is 8.37. The SMILES string of the molecule is CC(C)(C)c1cc2c(=O)n(CCN)ncn2n1. The lowest BCUT2D eigenvalue weighted by Gasteiger charge is -2.13. The van der Waals surface area contributed by atoms with Crippen molar-refractivity contribution in [3.05, 3.63) is 28.4 Å². The van der Waals surface area contributed by atoms with E-state index in [1.54, 1.807) is 6.33 Å². The van der Waals surface area contributed by atoms with Crippen LogP contribution in [0.3, 0.4) is 0 Å². The zero-order chi connectivity index (χ0) is 12.6. The van der Waals surface area contributed by atoms with E-state index in [0.717, 1.165) is 5.69 Å². The highest BCUT2D eigenvalue weighted by atomic mass is 16.1. The third-order valence-corrected chi connectivity index (χ3v) is 2.60. The molecule has 0 radical (unpaired) electrons. The molecule has 0 aliphatic rings. The molecule has 0 amide bonds. The summed E-state index contributed by atoms with van der Waals surface area (Å²) >= 11 is 0. The number of hydrogen-bond acceptors (Lipinski definition) is 4. The van der Waals surface area contributed by atoms with Crippen molar-refractivity contribution in [1.82, 2.24) is 19.4 Å². The minimum absolute atomic E-state index is 0.0862. The molecule has 2 rings (SSSR count). The smallest absolute Gasteiger partial charge is 0.292 e. The van der Waals surface area contributed by atoms with Crippen LogP contribution in [0.5, 0.6) is 0 Å². The van der Waals surface area contributed by atoms with Crippen LogP contribution in [-0.4, -0.2) is 25.9 Å². The lowest BCUT2D eigenvalue weighted by Crippen LogP contribution is -2.27. The molecule has 2 heterocycles. The van der Waals surface area contributed by atoms with Crippen molar-refractivity contribution in [3.63, 3.8) is 0 Å². The number of fused-ring (bicyclic) bond motifs is 1. The first-order valence-electron chi connectivity index (χ1n) is 5.59. The molecule has 0 atom stereocenters. The Labute approximate surface area is 99.0 Å². The van der Waals surface area contributed by atoms with E-state index < -0.39 is 0 Å². The van der Waals surface area contributed by atoms with E-state index in [1.807, 2.05) is 6.07 Å². The maximum atomic E-state index is 12.0. The maximum Gasteiger partial charge on any atom is 0.292 e. The van der Waals surface area contributed by atoms with Gasteiger partial charge in [0.2, 0.25) is 0 Å². The van der Waals surface area contributed by atoms with Gasteiger partial charge >= 0.3 is 0 Å². The fourth-order valence-electron chi connectivity index (χ4n) is 1.59. The number of hydrogen-bond donors (Lipinski definition) is 1. The van der Waals surface area contributed by atoms with E-state index in [9.17, 15) is 4.79 Å². The Balaban J connectivity index is 2.62. The van der Waals surface area contributed by atoms with Gasteiger partial charge in [0.25, 0.3) is 5.56 Å². The average molecular weight is 235 g/mol. The summed E-state index contributed by atoms with van der Waals surface area (Å²) in [5.74, 6) is 0. The number of nitrogens with two attached hydrogens (primary N) is 1. The first-order chi connectivity index (χ1) is 7.93. The van der Waals surface area contributed by atoms with Gasteiger partial charge in [0, 0.05) is 12.0 Å². The first kappa shape index (κ1) is 11.8. The fraction of sp³-hybridized carbons (Fsp3) is 0.545. The molecule has 0 saturated heterocycles. The van der Waals surface area contributed by atoms with E-state index in [2.05, 4.69) is 31.0 Å². The Morgan fingerprint density at radius 1 is 1.41 bits per heavy atom. The molecule has 92 valence electrons. The highest BCUT2D eigenvalue weighted by Crippen LogP contribution is 2.20. The standard InChI is InChI=1S/C11H17N5O/c1-11(2,3)9-6-8-10(17)15(5-4-12)13-7-16(8)14-9/h6-7H,4-5,12H2,1-3H3. The van der Waals surface area contributed by atoms with E-state index in [-0.39, 0.29) is 11.0 Å². The Bertz CT molecular complexity index is 590. The minimum Gasteiger partial charge on any atom is -0.329 e. The van der Waals surface area contributed by atoms with E-state index in [4.69, 9.17) is 5.73 Å². The largest absolute Gasteiger partial charge is 0.329 e. The van der Waals surface area contributed by atoms with Crippen LogP contribution in [0, 0.1) is 0 Å². The number of aromatic nitrogens is 4. The summed E-state index contributed by atoms with van der Waals surface area (Å²) in [4.78, 5) is 12.0. The van der Waals surface area contributed by atoms with Crippen molar-refractivity contribution < 1.29 is 0 Å². The Kier molecular flexibility index (Phi) is 2.74. The molecule has 6 heteroatoms. The van der Waals surface area contributed by atoms with Crippen LogP contribution in [-0.2, 0) is 12.0 Å². The fourth-order valence-corrected chi connectivity index (χ4v) is 1.59. The third-order valence-electron chi connectivity index (χ3n) is 2.60. The summed E-state index contributed by atoms with van der Waals surface area (Å²) in [5.41, 5.74) is 6.60. The van der Waals surface area contributed by atoms with E-state index in [0.29, 0.717) is 18.6 Å². The lowest BCUT2D eigenvalue weighted by atomic mass is 9.92. The van der Waals surface area contributed by atoms with Gasteiger partial charge in [0.15, 0.2) is 0 Å². The van der Waals surface area contributed by atoms with Crippen LogP contribution in [0.15, 0.2) is 17.2 Å². The van der Waals surface area contributed by atoms with Crippen LogP contribution >= 0.6 is 0 Å². The van der Waals surface area contributed by atoms with Crippen molar-refractivity contribution in [2.24, 2.45) is 5.73 Å². The molecule has 0 aliphatic carbocycles. The Morgan fingerprint density at radius 2 is 2.12 bits per heavy atom. The summed E-state index contributed by atoms with van der Waals surface area (Å²) in [7, 11) is 0. The van der Waals surface area contributed by atoms with Crippen molar-refractivity contribution in [2.75, 3.05) is 6.54 Å². The van der Waals surface area contributed by atoms with Gasteiger partial charge < -0.3 is 5.73 Å². The predicted octanol–water partition coefficient (Wildman–Crippen LogP) is 0.147. The second-order valence-electron chi connectivity index (χ2n) is 5.06. The molecule has 2 aromatic rings. The van der Waals surface area contributed by atoms with Gasteiger partial charge in [-0.15, -0.1) is 0 Å². The summed E-state index contributed by atoms with van der Waals surface area (Å²) in [6.45, 7) is 6.98. The van der Waals surface area contributed by atoms with Crippen LogP contribution in [0.2, 0.25) is 0 Å². The Morgan fingerprint density at radius 3 is 2.71 bits per heavy atom. The van der Waals surface area contributed by atoms with Crippen LogP contribution < -0.4 is 11.3 Å². The van der Waals surface area contributed by atoms with E-state index >= 15 is 0 Å². The monoisotopic (exact) mass is 235 g/mol. The van der Waals surface area contributed by atoms with Crippen molar-refractivity contribution in [2.45, 2.75) is 32.7 Å². The number of rotatable bonds is 2. The minimum atomic E-state index is -0.152. The summed E-state index contributed by atoms with van der Waals surface area (Å²) < 4.78 is 2.89. The Hall–Kier alpha value is -1.69. The predicted molar refractivity (Wildman–Crippen MR) is 65.0 cm³/mol. The molecule has 0 aliphatic heterocycles. The molecular formula is C11H17N5O. The topological polar surface area (TPSA) is 78.2 Å². The summed E-state index contributed by atoms with van der Waals surface area (Å²) in [6.07, 6.45) is 1.54. The van der Waals surface area contributed by atoms with Crippen LogP contribution in [0.25, 0.3) is 5.52 Å². The lowest BCUT2D eigenvalue weighted by molar-refractivity contribution is 0.553. The zero-order valence-electron chi connectivity index (χ0n) is 10.3. The molecule has 0 aromatic carbocycles. The van der Waals surface area contributed by atoms with Crippen LogP contribution in [0.1, 0.15) is 26.5 Å². The quantitative estimate of drug-likeness (QED) is 0.803. The number of nitrogens with zero attached hydrogens (tertiary/aromatic N) is 4. The van der Waals surface area contributed by atoms with Gasteiger partial charge in [-0.05, 0) is 6.07 Å². The molecule has 0 fully saturated rings. The van der Waals surface area contributed by atoms with Gasteiger partial charge in [0.05, 0.1) is 12.2 Å². The molecule has 6 nitrogen and oxygen atoms in total. The van der Waals surface area contributed by atoms with E-state index in [1.165, 1.54) is 9.20 Å². The second kappa shape index (κ2) is 3.96. The van der Waals surface area contributed by atoms with Gasteiger partial charge in [-0.25, -0.2) is 9.20 Å². The molecule has 0 saturated carbocycles. The van der Waals surface area contributed by atoms with Gasteiger partial charge in [-0.3, -0.25) is 4.79 Å². The van der Waals surface area contributed by atoms with Crippen molar-refractivity contribution in [3.8, 4) is 0 Å². The molecule has 2 N–H and O–H groups in total. The summed E-state index contributed by atoms with van der Waals surface area (Å²) in [6, 6.07) is 1.82. The van der Waals surface area contributed by atoms with Crippen molar-refractivity contribution in [1.29, 1.82) is 0 Å². The molecule has 17 heavy (non-hydrogen) atoms. The second-order valence-corrected chi connectivity index (χ2v) is 5.06. The first-order valence-corrected chi connectivity index (χ1v) is 5.59. The molecule has 2 aromatic heterocycles. The molecule has 0 unspecified atom stereocenters. The average Bonchev–Trinajstić information content (AvgIpc) is 2.66. The van der Waals surface area contributed by atoms with Gasteiger partial charge in [-0.1, -0.05) is 20.8 Å². The molecule has 0 bridgehead atoms. The normalized spacial score (nSPS) is 12.2. The third kappa shape index (κ3) is 2.08. The van der Waals surface area contributed by atoms with Gasteiger partial charge in [0.1, 0.15) is 11.8 Å². The van der Waals surface area contributed by atoms with Gasteiger partial charge in [-0.2, -0.15) is 10.2 Å². The maximum absolute atomic E-state index is 12.0. The molecular weight excluding hydrogens is 218 g/mol. The highest BCUT2D eigenvalue weighted by molar-refractivity contribution is 5.45. The van der Waals surface area contributed by atoms with Crippen LogP contribution in [0.4, 0.5) is 0 Å². The highest BCUT2D eigenvalue weighted by Gasteiger charge is 2.19. The van der Waals surface area contributed by atoms with Crippen molar-refractivity contribution >= 4 is 5.52 Å². The zero-order valence-corrected chi connectivity index (χ0v) is 10.3. The molecule has 0 spiro atoms.